The van der Waals surface area contributed by atoms with Gasteiger partial charge in [0.2, 0.25) is 0 Å². The second-order valence-electron chi connectivity index (χ2n) is 5.53. The van der Waals surface area contributed by atoms with Gasteiger partial charge in [-0.25, -0.2) is 0 Å². The number of nitrogens with zero attached hydrogens (tertiary/aromatic N) is 2. The van der Waals surface area contributed by atoms with Crippen LogP contribution in [0.25, 0.3) is 0 Å². The van der Waals surface area contributed by atoms with Crippen LogP contribution >= 0.6 is 0 Å². The zero-order valence-electron chi connectivity index (χ0n) is 12.0. The zero-order valence-corrected chi connectivity index (χ0v) is 12.0. The van der Waals surface area contributed by atoms with Crippen molar-refractivity contribution in [1.29, 1.82) is 5.26 Å². The van der Waals surface area contributed by atoms with Gasteiger partial charge in [-0.1, -0.05) is 30.3 Å². The minimum Gasteiger partial charge on any atom is -0.366 e. The zero-order chi connectivity index (χ0) is 14.7. The van der Waals surface area contributed by atoms with Crippen LogP contribution in [0.4, 0.5) is 5.69 Å². The van der Waals surface area contributed by atoms with Crippen LogP contribution in [0.1, 0.15) is 29.0 Å². The fourth-order valence-electron chi connectivity index (χ4n) is 3.14. The van der Waals surface area contributed by atoms with E-state index >= 15 is 0 Å². The summed E-state index contributed by atoms with van der Waals surface area (Å²) in [6, 6.07) is 18.6. The van der Waals surface area contributed by atoms with Crippen molar-refractivity contribution in [2.24, 2.45) is 5.73 Å². The predicted octanol–water partition coefficient (Wildman–Crippen LogP) is 3.01. The van der Waals surface area contributed by atoms with Crippen LogP contribution in [0, 0.1) is 11.3 Å². The van der Waals surface area contributed by atoms with Gasteiger partial charge in [-0.2, -0.15) is 5.26 Å². The highest BCUT2D eigenvalue weighted by Crippen LogP contribution is 2.38. The molecule has 2 N–H and O–H groups in total. The van der Waals surface area contributed by atoms with Crippen LogP contribution in [0.2, 0.25) is 0 Å². The molecule has 1 aliphatic heterocycles. The van der Waals surface area contributed by atoms with Gasteiger partial charge in [0.15, 0.2) is 0 Å². The van der Waals surface area contributed by atoms with E-state index in [0.29, 0.717) is 5.92 Å². The summed E-state index contributed by atoms with van der Waals surface area (Å²) in [6.45, 7) is 2.57. The summed E-state index contributed by atoms with van der Waals surface area (Å²) in [7, 11) is 0. The lowest BCUT2D eigenvalue weighted by Crippen LogP contribution is -2.22. The molecular formula is C18H19N3. The molecule has 2 aromatic rings. The topological polar surface area (TPSA) is 53.0 Å². The molecular weight excluding hydrogens is 258 g/mol. The van der Waals surface area contributed by atoms with E-state index in [4.69, 9.17) is 11.0 Å². The lowest BCUT2D eigenvalue weighted by atomic mass is 9.98. The molecule has 0 spiro atoms. The number of hydrogen-bond acceptors (Lipinski definition) is 3. The first-order chi connectivity index (χ1) is 10.3. The quantitative estimate of drug-likeness (QED) is 0.934. The lowest BCUT2D eigenvalue weighted by Gasteiger charge is -2.20. The van der Waals surface area contributed by atoms with Crippen LogP contribution in [0.5, 0.6) is 0 Å². The van der Waals surface area contributed by atoms with Crippen molar-refractivity contribution in [3.63, 3.8) is 0 Å². The van der Waals surface area contributed by atoms with E-state index in [2.05, 4.69) is 41.3 Å². The number of rotatable bonds is 4. The average Bonchev–Trinajstić information content (AvgIpc) is 2.86. The number of fused-ring (bicyclic) bond motifs is 1. The van der Waals surface area contributed by atoms with E-state index in [1.165, 1.54) is 16.8 Å². The van der Waals surface area contributed by atoms with Crippen molar-refractivity contribution in [3.8, 4) is 6.07 Å². The Morgan fingerprint density at radius 2 is 2.05 bits per heavy atom. The fraction of sp³-hybridized carbons (Fsp3) is 0.278. The lowest BCUT2D eigenvalue weighted by molar-refractivity contribution is 0.644. The van der Waals surface area contributed by atoms with Crippen molar-refractivity contribution in [1.82, 2.24) is 0 Å². The number of nitriles is 1. The van der Waals surface area contributed by atoms with Gasteiger partial charge in [-0.3, -0.25) is 0 Å². The second kappa shape index (κ2) is 5.99. The Kier molecular flexibility index (Phi) is 3.89. The molecule has 1 heterocycles. The maximum Gasteiger partial charge on any atom is 0.0991 e. The van der Waals surface area contributed by atoms with Gasteiger partial charge in [-0.05, 0) is 42.3 Å². The van der Waals surface area contributed by atoms with Gasteiger partial charge in [0.25, 0.3) is 0 Å². The molecule has 0 fully saturated rings. The molecule has 1 unspecified atom stereocenters. The molecule has 0 amide bonds. The van der Waals surface area contributed by atoms with E-state index in [9.17, 15) is 0 Å². The fourth-order valence-corrected chi connectivity index (χ4v) is 3.14. The molecule has 1 atom stereocenters. The summed E-state index contributed by atoms with van der Waals surface area (Å²) in [5.41, 5.74) is 10.4. The molecule has 3 heteroatoms. The highest BCUT2D eigenvalue weighted by Gasteiger charge is 2.27. The van der Waals surface area contributed by atoms with E-state index < -0.39 is 0 Å². The minimum atomic E-state index is 0.519. The summed E-state index contributed by atoms with van der Waals surface area (Å²) in [4.78, 5) is 2.39. The van der Waals surface area contributed by atoms with Crippen LogP contribution < -0.4 is 10.6 Å². The van der Waals surface area contributed by atoms with Gasteiger partial charge in [0.1, 0.15) is 0 Å². The number of nitrogens with two attached hydrogens (primary N) is 1. The molecule has 0 saturated carbocycles. The summed E-state index contributed by atoms with van der Waals surface area (Å²) in [5, 5.41) is 9.02. The standard InChI is InChI=1S/C18H19N3/c19-9-8-16-13-21(18-7-2-1-6-17(16)18)12-15-5-3-4-14(10-15)11-20/h1-7,10,16H,8-9,12-13,19H2. The minimum absolute atomic E-state index is 0.519. The number of hydrogen-bond donors (Lipinski definition) is 1. The molecule has 1 aliphatic rings. The second-order valence-corrected chi connectivity index (χ2v) is 5.53. The first-order valence-electron chi connectivity index (χ1n) is 7.35. The van der Waals surface area contributed by atoms with Gasteiger partial charge in [0, 0.05) is 24.7 Å². The summed E-state index contributed by atoms with van der Waals surface area (Å²) >= 11 is 0. The molecule has 0 aliphatic carbocycles. The third-order valence-corrected chi connectivity index (χ3v) is 4.10. The Balaban J connectivity index is 1.85. The summed E-state index contributed by atoms with van der Waals surface area (Å²) in [5.74, 6) is 0.519. The van der Waals surface area contributed by atoms with Crippen molar-refractivity contribution < 1.29 is 0 Å². The molecule has 21 heavy (non-hydrogen) atoms. The average molecular weight is 277 g/mol. The van der Waals surface area contributed by atoms with Gasteiger partial charge in [0.05, 0.1) is 11.6 Å². The molecule has 0 bridgehead atoms. The highest BCUT2D eigenvalue weighted by atomic mass is 15.2. The Morgan fingerprint density at radius 3 is 2.86 bits per heavy atom. The van der Waals surface area contributed by atoms with E-state index in [1.807, 2.05) is 18.2 Å². The highest BCUT2D eigenvalue weighted by molar-refractivity contribution is 5.60. The Labute approximate surface area is 125 Å². The number of benzene rings is 2. The first-order valence-corrected chi connectivity index (χ1v) is 7.35. The largest absolute Gasteiger partial charge is 0.366 e. The molecule has 0 radical (unpaired) electrons. The smallest absolute Gasteiger partial charge is 0.0991 e. The third-order valence-electron chi connectivity index (χ3n) is 4.10. The SMILES string of the molecule is N#Cc1cccc(CN2CC(CCN)c3ccccc32)c1. The van der Waals surface area contributed by atoms with E-state index in [0.717, 1.165) is 31.6 Å². The summed E-state index contributed by atoms with van der Waals surface area (Å²) in [6.07, 6.45) is 1.02. The Hall–Kier alpha value is -2.31. The number of anilines is 1. The summed E-state index contributed by atoms with van der Waals surface area (Å²) < 4.78 is 0. The molecule has 2 aromatic carbocycles. The first kappa shape index (κ1) is 13.7. The van der Waals surface area contributed by atoms with Crippen molar-refractivity contribution in [2.75, 3.05) is 18.0 Å². The van der Waals surface area contributed by atoms with Crippen molar-refractivity contribution in [2.45, 2.75) is 18.9 Å². The molecule has 0 aromatic heterocycles. The maximum absolute atomic E-state index is 9.02. The molecule has 3 rings (SSSR count). The van der Waals surface area contributed by atoms with Crippen LogP contribution in [0.15, 0.2) is 48.5 Å². The number of para-hydroxylation sites is 1. The predicted molar refractivity (Wildman–Crippen MR) is 85.1 cm³/mol. The van der Waals surface area contributed by atoms with Gasteiger partial charge >= 0.3 is 0 Å². The molecule has 106 valence electrons. The van der Waals surface area contributed by atoms with Gasteiger partial charge < -0.3 is 10.6 Å². The Bertz CT molecular complexity index is 672. The van der Waals surface area contributed by atoms with Crippen molar-refractivity contribution >= 4 is 5.69 Å². The third kappa shape index (κ3) is 2.76. The van der Waals surface area contributed by atoms with Crippen LogP contribution in [0.3, 0.4) is 0 Å². The Morgan fingerprint density at radius 1 is 1.19 bits per heavy atom. The van der Waals surface area contributed by atoms with E-state index in [1.54, 1.807) is 0 Å². The van der Waals surface area contributed by atoms with E-state index in [-0.39, 0.29) is 0 Å². The van der Waals surface area contributed by atoms with Crippen LogP contribution in [-0.2, 0) is 6.54 Å². The van der Waals surface area contributed by atoms with Crippen molar-refractivity contribution in [3.05, 3.63) is 65.2 Å². The monoisotopic (exact) mass is 277 g/mol. The molecule has 3 nitrogen and oxygen atoms in total. The van der Waals surface area contributed by atoms with Gasteiger partial charge in [-0.15, -0.1) is 0 Å². The normalized spacial score (nSPS) is 16.6. The molecule has 0 saturated heterocycles. The maximum atomic E-state index is 9.02. The van der Waals surface area contributed by atoms with Crippen LogP contribution in [-0.4, -0.2) is 13.1 Å².